The molecule has 0 spiro atoms. The third-order valence-corrected chi connectivity index (χ3v) is 6.80. The minimum absolute atomic E-state index is 0.268. The molecule has 0 atom stereocenters. The van der Waals surface area contributed by atoms with Gasteiger partial charge in [0.25, 0.3) is 0 Å². The Bertz CT molecular complexity index is 1390. The van der Waals surface area contributed by atoms with Crippen LogP contribution in [0, 0.1) is 0 Å². The first kappa shape index (κ1) is 19.8. The normalized spacial score (nSPS) is 14.2. The van der Waals surface area contributed by atoms with Crippen LogP contribution in [-0.4, -0.2) is 12.5 Å². The Morgan fingerprint density at radius 2 is 1.18 bits per heavy atom. The predicted molar refractivity (Wildman–Crippen MR) is 138 cm³/mol. The molecular weight excluding hydrogens is 402 g/mol. The van der Waals surface area contributed by atoms with Crippen molar-refractivity contribution in [2.45, 2.75) is 19.3 Å². The van der Waals surface area contributed by atoms with Crippen LogP contribution >= 0.6 is 0 Å². The van der Waals surface area contributed by atoms with Crippen molar-refractivity contribution in [2.75, 3.05) is 11.4 Å². The maximum atomic E-state index is 12.0. The van der Waals surface area contributed by atoms with Gasteiger partial charge in [-0.3, -0.25) is 4.79 Å². The lowest BCUT2D eigenvalue weighted by molar-refractivity contribution is -0.117. The van der Waals surface area contributed by atoms with Crippen molar-refractivity contribution >= 4 is 33.1 Å². The van der Waals surface area contributed by atoms with Gasteiger partial charge in [0.05, 0.1) is 0 Å². The molecule has 2 aliphatic rings. The Kier molecular flexibility index (Phi) is 4.92. The maximum absolute atomic E-state index is 12.0. The quantitative estimate of drug-likeness (QED) is 0.251. The molecule has 1 amide bonds. The lowest BCUT2D eigenvalue weighted by atomic mass is 10.0. The first-order valence-electron chi connectivity index (χ1n) is 11.7. The Labute approximate surface area is 194 Å². The number of hydrogen-bond donors (Lipinski definition) is 0. The molecule has 160 valence electrons. The number of carbonyl (C=O) groups is 1. The van der Waals surface area contributed by atoms with Gasteiger partial charge in [0.2, 0.25) is 5.91 Å². The zero-order chi connectivity index (χ0) is 22.2. The van der Waals surface area contributed by atoms with E-state index in [4.69, 9.17) is 0 Å². The molecule has 2 heteroatoms. The lowest BCUT2D eigenvalue weighted by Crippen LogP contribution is -2.24. The molecule has 5 aromatic carbocycles. The fourth-order valence-electron chi connectivity index (χ4n) is 5.18. The number of fused-ring (bicyclic) bond motifs is 5. The lowest BCUT2D eigenvalue weighted by Gasteiger charge is -2.19. The van der Waals surface area contributed by atoms with E-state index in [0.29, 0.717) is 6.42 Å². The van der Waals surface area contributed by atoms with Crippen molar-refractivity contribution in [3.63, 3.8) is 0 Å². The molecule has 0 bridgehead atoms. The second-order valence-corrected chi connectivity index (χ2v) is 8.83. The van der Waals surface area contributed by atoms with E-state index in [1.165, 1.54) is 43.8 Å². The van der Waals surface area contributed by atoms with Crippen molar-refractivity contribution in [1.82, 2.24) is 0 Å². The first-order valence-corrected chi connectivity index (χ1v) is 11.7. The molecular formula is C31H25NO. The van der Waals surface area contributed by atoms with Crippen LogP contribution < -0.4 is 4.90 Å². The van der Waals surface area contributed by atoms with Crippen LogP contribution in [0.2, 0.25) is 0 Å². The Hall–Kier alpha value is -3.91. The molecule has 33 heavy (non-hydrogen) atoms. The summed E-state index contributed by atoms with van der Waals surface area (Å²) in [7, 11) is 0. The molecule has 0 N–H and O–H groups in total. The minimum Gasteiger partial charge on any atom is -0.312 e. The highest BCUT2D eigenvalue weighted by atomic mass is 16.2. The van der Waals surface area contributed by atoms with E-state index in [-0.39, 0.29) is 5.91 Å². The van der Waals surface area contributed by atoms with E-state index in [9.17, 15) is 4.79 Å². The van der Waals surface area contributed by atoms with Gasteiger partial charge in [0.15, 0.2) is 0 Å². The van der Waals surface area contributed by atoms with Crippen molar-refractivity contribution in [3.05, 3.63) is 114 Å². The molecule has 5 aromatic rings. The van der Waals surface area contributed by atoms with Gasteiger partial charge in [-0.1, -0.05) is 84.9 Å². The SMILES string of the molecule is O=C1CCCN1c1cccc2c1Cc1ccccc1-2.c1ccc2cc3ccccc3cc2c1. The van der Waals surface area contributed by atoms with E-state index in [1.54, 1.807) is 0 Å². The maximum Gasteiger partial charge on any atom is 0.227 e. The van der Waals surface area contributed by atoms with Gasteiger partial charge in [-0.15, -0.1) is 0 Å². The second-order valence-electron chi connectivity index (χ2n) is 8.83. The van der Waals surface area contributed by atoms with Gasteiger partial charge in [-0.2, -0.15) is 0 Å². The Morgan fingerprint density at radius 3 is 1.79 bits per heavy atom. The summed E-state index contributed by atoms with van der Waals surface area (Å²) >= 11 is 0. The fraction of sp³-hybridized carbons (Fsp3) is 0.129. The van der Waals surface area contributed by atoms with Crippen LogP contribution in [0.15, 0.2) is 103 Å². The van der Waals surface area contributed by atoms with E-state index >= 15 is 0 Å². The summed E-state index contributed by atoms with van der Waals surface area (Å²) in [6, 6.07) is 36.3. The highest BCUT2D eigenvalue weighted by molar-refractivity contribution is 5.99. The Balaban J connectivity index is 0.000000131. The van der Waals surface area contributed by atoms with Crippen LogP contribution in [0.25, 0.3) is 32.7 Å². The molecule has 1 saturated heterocycles. The average molecular weight is 428 g/mol. The van der Waals surface area contributed by atoms with Crippen molar-refractivity contribution < 1.29 is 4.79 Å². The highest BCUT2D eigenvalue weighted by Crippen LogP contribution is 2.42. The number of benzene rings is 5. The first-order chi connectivity index (χ1) is 16.3. The van der Waals surface area contributed by atoms with Crippen molar-refractivity contribution in [1.29, 1.82) is 0 Å². The van der Waals surface area contributed by atoms with E-state index in [1.807, 2.05) is 4.90 Å². The van der Waals surface area contributed by atoms with Gasteiger partial charge in [-0.05, 0) is 68.4 Å². The molecule has 0 unspecified atom stereocenters. The number of hydrogen-bond acceptors (Lipinski definition) is 1. The summed E-state index contributed by atoms with van der Waals surface area (Å²) in [4.78, 5) is 13.9. The molecule has 2 nitrogen and oxygen atoms in total. The van der Waals surface area contributed by atoms with Gasteiger partial charge >= 0.3 is 0 Å². The number of nitrogens with zero attached hydrogens (tertiary/aromatic N) is 1. The number of rotatable bonds is 1. The molecule has 7 rings (SSSR count). The van der Waals surface area contributed by atoms with Gasteiger partial charge in [0.1, 0.15) is 0 Å². The summed E-state index contributed by atoms with van der Waals surface area (Å²) in [6.07, 6.45) is 2.62. The van der Waals surface area contributed by atoms with Gasteiger partial charge in [0, 0.05) is 25.1 Å². The van der Waals surface area contributed by atoms with Crippen LogP contribution in [0.1, 0.15) is 24.0 Å². The zero-order valence-corrected chi connectivity index (χ0v) is 18.5. The van der Waals surface area contributed by atoms with E-state index in [0.717, 1.165) is 25.1 Å². The molecule has 1 aliphatic carbocycles. The fourth-order valence-corrected chi connectivity index (χ4v) is 5.18. The summed E-state index contributed by atoms with van der Waals surface area (Å²) in [5.41, 5.74) is 6.44. The third-order valence-electron chi connectivity index (χ3n) is 6.80. The van der Waals surface area contributed by atoms with Crippen LogP contribution in [0.5, 0.6) is 0 Å². The predicted octanol–water partition coefficient (Wildman–Crippen LogP) is 7.38. The summed E-state index contributed by atoms with van der Waals surface area (Å²) in [5.74, 6) is 0.268. The smallest absolute Gasteiger partial charge is 0.227 e. The van der Waals surface area contributed by atoms with E-state index < -0.39 is 0 Å². The van der Waals surface area contributed by atoms with Crippen LogP contribution in [0.3, 0.4) is 0 Å². The Morgan fingerprint density at radius 1 is 0.606 bits per heavy atom. The molecule has 0 saturated carbocycles. The summed E-state index contributed by atoms with van der Waals surface area (Å²) in [5, 5.41) is 5.25. The topological polar surface area (TPSA) is 20.3 Å². The molecule has 0 aromatic heterocycles. The van der Waals surface area contributed by atoms with Gasteiger partial charge < -0.3 is 4.90 Å². The summed E-state index contributed by atoms with van der Waals surface area (Å²) < 4.78 is 0. The van der Waals surface area contributed by atoms with E-state index in [2.05, 4.69) is 103 Å². The third kappa shape index (κ3) is 3.58. The molecule has 1 fully saturated rings. The average Bonchev–Trinajstić information content (AvgIpc) is 3.46. The number of carbonyl (C=O) groups excluding carboxylic acids is 1. The standard InChI is InChI=1S/C17H15NO.C14H10/c19-17-9-4-10-18(17)16-8-3-7-14-13-6-2-1-5-12(13)11-15(14)16;1-2-6-12-10-14-8-4-3-7-13(14)9-11(12)5-1/h1-3,5-8H,4,9-11H2;1-10H. The zero-order valence-electron chi connectivity index (χ0n) is 18.5. The van der Waals surface area contributed by atoms with Crippen molar-refractivity contribution in [3.8, 4) is 11.1 Å². The van der Waals surface area contributed by atoms with Crippen LogP contribution in [-0.2, 0) is 11.2 Å². The molecule has 0 radical (unpaired) electrons. The number of anilines is 1. The summed E-state index contributed by atoms with van der Waals surface area (Å²) in [6.45, 7) is 0.867. The largest absolute Gasteiger partial charge is 0.312 e. The van der Waals surface area contributed by atoms with Gasteiger partial charge in [-0.25, -0.2) is 0 Å². The van der Waals surface area contributed by atoms with Crippen LogP contribution in [0.4, 0.5) is 5.69 Å². The molecule has 1 aliphatic heterocycles. The second kappa shape index (κ2) is 8.22. The van der Waals surface area contributed by atoms with Crippen molar-refractivity contribution in [2.24, 2.45) is 0 Å². The number of amides is 1. The molecule has 1 heterocycles. The highest BCUT2D eigenvalue weighted by Gasteiger charge is 2.28. The minimum atomic E-state index is 0.268. The monoisotopic (exact) mass is 427 g/mol.